The Morgan fingerprint density at radius 1 is 1.24 bits per heavy atom. The predicted octanol–water partition coefficient (Wildman–Crippen LogP) is 2.03. The quantitative estimate of drug-likeness (QED) is 0.813. The van der Waals surface area contributed by atoms with Gasteiger partial charge < -0.3 is 24.8 Å². The fourth-order valence-corrected chi connectivity index (χ4v) is 1.85. The summed E-state index contributed by atoms with van der Waals surface area (Å²) >= 11 is 0. The second-order valence-corrected chi connectivity index (χ2v) is 5.79. The van der Waals surface area contributed by atoms with Crippen molar-refractivity contribution in [3.8, 4) is 11.5 Å². The van der Waals surface area contributed by atoms with Crippen molar-refractivity contribution < 1.29 is 19.0 Å². The molecule has 1 amide bonds. The summed E-state index contributed by atoms with van der Waals surface area (Å²) in [7, 11) is 0. The van der Waals surface area contributed by atoms with Crippen LogP contribution >= 0.6 is 0 Å². The zero-order chi connectivity index (χ0) is 15.3. The van der Waals surface area contributed by atoms with Crippen LogP contribution in [-0.4, -0.2) is 31.6 Å². The van der Waals surface area contributed by atoms with Crippen LogP contribution in [0.1, 0.15) is 26.3 Å². The minimum atomic E-state index is -0.468. The van der Waals surface area contributed by atoms with Crippen LogP contribution in [0.2, 0.25) is 0 Å². The van der Waals surface area contributed by atoms with E-state index in [4.69, 9.17) is 14.2 Å². The van der Waals surface area contributed by atoms with Gasteiger partial charge in [-0.25, -0.2) is 4.79 Å². The van der Waals surface area contributed by atoms with E-state index in [9.17, 15) is 4.79 Å². The molecular formula is C15H22N2O4. The highest BCUT2D eigenvalue weighted by atomic mass is 16.7. The average molecular weight is 294 g/mol. The highest BCUT2D eigenvalue weighted by molar-refractivity contribution is 5.67. The van der Waals surface area contributed by atoms with E-state index < -0.39 is 11.7 Å². The van der Waals surface area contributed by atoms with Crippen molar-refractivity contribution in [2.24, 2.45) is 0 Å². The molecule has 1 aromatic rings. The van der Waals surface area contributed by atoms with Gasteiger partial charge in [0.25, 0.3) is 0 Å². The third kappa shape index (κ3) is 5.15. The van der Waals surface area contributed by atoms with E-state index in [1.165, 1.54) is 0 Å². The monoisotopic (exact) mass is 294 g/mol. The lowest BCUT2D eigenvalue weighted by Gasteiger charge is -2.19. The molecule has 0 aromatic heterocycles. The van der Waals surface area contributed by atoms with Crippen LogP contribution < -0.4 is 20.1 Å². The third-order valence-corrected chi connectivity index (χ3v) is 2.74. The van der Waals surface area contributed by atoms with Crippen LogP contribution in [0.15, 0.2) is 18.2 Å². The zero-order valence-corrected chi connectivity index (χ0v) is 12.7. The Morgan fingerprint density at radius 3 is 2.76 bits per heavy atom. The van der Waals surface area contributed by atoms with Gasteiger partial charge >= 0.3 is 6.09 Å². The second kappa shape index (κ2) is 6.67. The van der Waals surface area contributed by atoms with Crippen molar-refractivity contribution in [2.75, 3.05) is 19.9 Å². The molecule has 0 saturated heterocycles. The molecule has 0 saturated carbocycles. The number of hydrogen-bond donors (Lipinski definition) is 2. The first kappa shape index (κ1) is 15.4. The molecule has 1 aliphatic heterocycles. The van der Waals surface area contributed by atoms with Gasteiger partial charge in [-0.15, -0.1) is 0 Å². The van der Waals surface area contributed by atoms with Crippen LogP contribution in [0.4, 0.5) is 4.79 Å². The first-order chi connectivity index (χ1) is 9.94. The summed E-state index contributed by atoms with van der Waals surface area (Å²) in [5.74, 6) is 1.56. The molecule has 116 valence electrons. The number of amides is 1. The Hall–Kier alpha value is -1.95. The molecule has 0 fully saturated rings. The van der Waals surface area contributed by atoms with Crippen LogP contribution in [0.25, 0.3) is 0 Å². The van der Waals surface area contributed by atoms with E-state index in [1.807, 2.05) is 39.0 Å². The molecule has 6 heteroatoms. The van der Waals surface area contributed by atoms with Crippen molar-refractivity contribution in [2.45, 2.75) is 32.9 Å². The topological polar surface area (TPSA) is 68.8 Å². The van der Waals surface area contributed by atoms with Gasteiger partial charge in [0, 0.05) is 19.6 Å². The predicted molar refractivity (Wildman–Crippen MR) is 78.5 cm³/mol. The van der Waals surface area contributed by atoms with E-state index >= 15 is 0 Å². The van der Waals surface area contributed by atoms with Crippen LogP contribution in [-0.2, 0) is 11.3 Å². The number of fused-ring (bicyclic) bond motifs is 1. The van der Waals surface area contributed by atoms with E-state index in [0.29, 0.717) is 19.6 Å². The number of rotatable bonds is 5. The standard InChI is InChI=1S/C15H22N2O4/c1-15(2,3)21-14(18)17-7-6-16-9-11-4-5-12-13(8-11)20-10-19-12/h4-5,8,16H,6-7,9-10H2,1-3H3,(H,17,18). The Bertz CT molecular complexity index is 497. The molecule has 1 heterocycles. The van der Waals surface area contributed by atoms with Gasteiger partial charge in [-0.2, -0.15) is 0 Å². The zero-order valence-electron chi connectivity index (χ0n) is 12.7. The van der Waals surface area contributed by atoms with Crippen LogP contribution in [0, 0.1) is 0 Å². The Labute approximate surface area is 124 Å². The number of carbonyl (C=O) groups excluding carboxylic acids is 1. The fraction of sp³-hybridized carbons (Fsp3) is 0.533. The molecule has 6 nitrogen and oxygen atoms in total. The summed E-state index contributed by atoms with van der Waals surface area (Å²) < 4.78 is 15.7. The number of alkyl carbamates (subject to hydrolysis) is 1. The number of ether oxygens (including phenoxy) is 3. The molecule has 0 bridgehead atoms. The SMILES string of the molecule is CC(C)(C)OC(=O)NCCNCc1ccc2c(c1)OCO2. The maximum absolute atomic E-state index is 11.4. The van der Waals surface area contributed by atoms with Crippen molar-refractivity contribution >= 4 is 6.09 Å². The Kier molecular flexibility index (Phi) is 4.90. The molecule has 0 unspecified atom stereocenters. The van der Waals surface area contributed by atoms with Gasteiger partial charge in [0.2, 0.25) is 6.79 Å². The number of nitrogens with one attached hydrogen (secondary N) is 2. The fourth-order valence-electron chi connectivity index (χ4n) is 1.85. The van der Waals surface area contributed by atoms with Crippen LogP contribution in [0.5, 0.6) is 11.5 Å². The first-order valence-electron chi connectivity index (χ1n) is 7.00. The third-order valence-electron chi connectivity index (χ3n) is 2.74. The molecule has 21 heavy (non-hydrogen) atoms. The van der Waals surface area contributed by atoms with E-state index in [2.05, 4.69) is 10.6 Å². The summed E-state index contributed by atoms with van der Waals surface area (Å²) in [5, 5.41) is 5.94. The van der Waals surface area contributed by atoms with Crippen molar-refractivity contribution in [1.82, 2.24) is 10.6 Å². The minimum Gasteiger partial charge on any atom is -0.454 e. The van der Waals surface area contributed by atoms with Crippen LogP contribution in [0.3, 0.4) is 0 Å². The Balaban J connectivity index is 1.63. The summed E-state index contributed by atoms with van der Waals surface area (Å²) in [6.45, 7) is 7.67. The molecule has 0 aliphatic carbocycles. The lowest BCUT2D eigenvalue weighted by atomic mass is 10.2. The van der Waals surface area contributed by atoms with Gasteiger partial charge in [0.1, 0.15) is 5.60 Å². The van der Waals surface area contributed by atoms with Gasteiger partial charge in [-0.1, -0.05) is 6.07 Å². The molecule has 0 radical (unpaired) electrons. The van der Waals surface area contributed by atoms with Gasteiger partial charge in [-0.3, -0.25) is 0 Å². The second-order valence-electron chi connectivity index (χ2n) is 5.79. The van der Waals surface area contributed by atoms with Gasteiger partial charge in [0.15, 0.2) is 11.5 Å². The molecule has 0 spiro atoms. The normalized spacial score (nSPS) is 13.1. The lowest BCUT2D eigenvalue weighted by molar-refractivity contribution is 0.0528. The molecular weight excluding hydrogens is 272 g/mol. The molecule has 2 N–H and O–H groups in total. The minimum absolute atomic E-state index is 0.284. The molecule has 0 atom stereocenters. The van der Waals surface area contributed by atoms with Gasteiger partial charge in [-0.05, 0) is 38.5 Å². The maximum atomic E-state index is 11.4. The number of hydrogen-bond acceptors (Lipinski definition) is 5. The Morgan fingerprint density at radius 2 is 2.00 bits per heavy atom. The summed E-state index contributed by atoms with van der Waals surface area (Å²) in [5.41, 5.74) is 0.640. The smallest absolute Gasteiger partial charge is 0.407 e. The largest absolute Gasteiger partial charge is 0.454 e. The van der Waals surface area contributed by atoms with Crippen molar-refractivity contribution in [1.29, 1.82) is 0 Å². The highest BCUT2D eigenvalue weighted by Gasteiger charge is 2.15. The van der Waals surface area contributed by atoms with E-state index in [1.54, 1.807) is 0 Å². The lowest BCUT2D eigenvalue weighted by Crippen LogP contribution is -2.36. The van der Waals surface area contributed by atoms with E-state index in [-0.39, 0.29) is 6.79 Å². The first-order valence-corrected chi connectivity index (χ1v) is 7.00. The van der Waals surface area contributed by atoms with E-state index in [0.717, 1.165) is 17.1 Å². The van der Waals surface area contributed by atoms with Crippen molar-refractivity contribution in [3.05, 3.63) is 23.8 Å². The van der Waals surface area contributed by atoms with Gasteiger partial charge in [0.05, 0.1) is 0 Å². The number of benzene rings is 1. The number of carbonyl (C=O) groups is 1. The average Bonchev–Trinajstić information content (AvgIpc) is 2.83. The molecule has 2 rings (SSSR count). The summed E-state index contributed by atoms with van der Waals surface area (Å²) in [6, 6.07) is 5.84. The summed E-state index contributed by atoms with van der Waals surface area (Å²) in [6.07, 6.45) is -0.396. The summed E-state index contributed by atoms with van der Waals surface area (Å²) in [4.78, 5) is 11.4. The highest BCUT2D eigenvalue weighted by Crippen LogP contribution is 2.32. The maximum Gasteiger partial charge on any atom is 0.407 e. The molecule has 1 aromatic carbocycles. The van der Waals surface area contributed by atoms with Crippen molar-refractivity contribution in [3.63, 3.8) is 0 Å². The molecule has 1 aliphatic rings.